The molecule has 5 heteroatoms. The summed E-state index contributed by atoms with van der Waals surface area (Å²) in [5.41, 5.74) is 2.57. The van der Waals surface area contributed by atoms with E-state index < -0.39 is 5.82 Å². The van der Waals surface area contributed by atoms with Gasteiger partial charge in [0, 0.05) is 17.7 Å². The van der Waals surface area contributed by atoms with E-state index in [0.717, 1.165) is 6.20 Å². The summed E-state index contributed by atoms with van der Waals surface area (Å²) in [4.78, 5) is 19.8. The quantitative estimate of drug-likeness (QED) is 0.934. The van der Waals surface area contributed by atoms with Crippen LogP contribution in [0.25, 0.3) is 11.3 Å². The summed E-state index contributed by atoms with van der Waals surface area (Å²) in [5.74, 6) is -0.560. The molecule has 0 saturated heterocycles. The lowest BCUT2D eigenvalue weighted by atomic mass is 10.1. The molecule has 2 aromatic rings. The lowest BCUT2D eigenvalue weighted by Gasteiger charge is -2.11. The van der Waals surface area contributed by atoms with Crippen molar-refractivity contribution in [1.82, 2.24) is 9.97 Å². The predicted molar refractivity (Wildman–Crippen MR) is 75.6 cm³/mol. The minimum absolute atomic E-state index is 0.0601. The number of carbonyl (C=O) groups is 1. The first kappa shape index (κ1) is 14.1. The molecule has 0 radical (unpaired) electrons. The zero-order valence-electron chi connectivity index (χ0n) is 11.6. The fourth-order valence-corrected chi connectivity index (χ4v) is 1.68. The van der Waals surface area contributed by atoms with Gasteiger partial charge in [-0.1, -0.05) is 13.8 Å². The molecule has 0 aromatic carbocycles. The van der Waals surface area contributed by atoms with E-state index in [-0.39, 0.29) is 11.8 Å². The first-order valence-electron chi connectivity index (χ1n) is 6.37. The summed E-state index contributed by atoms with van der Waals surface area (Å²) < 4.78 is 13.1. The summed E-state index contributed by atoms with van der Waals surface area (Å²) in [6.07, 6.45) is 2.70. The standard InChI is InChI=1S/C15H16FN3O/c1-9(2)15(20)19-13-4-5-14(18-10(13)3)11-6-12(16)8-17-7-11/h4-9H,1-3H3,(H,19,20). The molecule has 20 heavy (non-hydrogen) atoms. The second-order valence-electron chi connectivity index (χ2n) is 4.87. The van der Waals surface area contributed by atoms with Gasteiger partial charge in [-0.3, -0.25) is 14.8 Å². The molecule has 1 amide bonds. The molecular weight excluding hydrogens is 257 g/mol. The molecule has 2 heterocycles. The van der Waals surface area contributed by atoms with Crippen LogP contribution in [0.2, 0.25) is 0 Å². The average molecular weight is 273 g/mol. The van der Waals surface area contributed by atoms with Crippen LogP contribution < -0.4 is 5.32 Å². The highest BCUT2D eigenvalue weighted by Gasteiger charge is 2.10. The number of aryl methyl sites for hydroxylation is 1. The third-order valence-corrected chi connectivity index (χ3v) is 2.87. The van der Waals surface area contributed by atoms with Crippen LogP contribution in [0.3, 0.4) is 0 Å². The molecule has 1 N–H and O–H groups in total. The van der Waals surface area contributed by atoms with E-state index in [0.29, 0.717) is 22.6 Å². The Morgan fingerprint density at radius 3 is 2.65 bits per heavy atom. The van der Waals surface area contributed by atoms with Crippen LogP contribution in [0.15, 0.2) is 30.6 Å². The first-order chi connectivity index (χ1) is 9.47. The van der Waals surface area contributed by atoms with Gasteiger partial charge in [0.25, 0.3) is 0 Å². The topological polar surface area (TPSA) is 54.9 Å². The Bertz CT molecular complexity index is 641. The Labute approximate surface area is 117 Å². The molecule has 0 spiro atoms. The molecule has 4 nitrogen and oxygen atoms in total. The third-order valence-electron chi connectivity index (χ3n) is 2.87. The van der Waals surface area contributed by atoms with Crippen LogP contribution >= 0.6 is 0 Å². The third kappa shape index (κ3) is 3.17. The van der Waals surface area contributed by atoms with Gasteiger partial charge < -0.3 is 5.32 Å². The molecule has 0 fully saturated rings. The number of halogens is 1. The first-order valence-corrected chi connectivity index (χ1v) is 6.37. The molecule has 0 bridgehead atoms. The average Bonchev–Trinajstić information content (AvgIpc) is 2.40. The lowest BCUT2D eigenvalue weighted by molar-refractivity contribution is -0.118. The van der Waals surface area contributed by atoms with E-state index in [1.807, 2.05) is 13.8 Å². The number of nitrogens with zero attached hydrogens (tertiary/aromatic N) is 2. The van der Waals surface area contributed by atoms with Crippen molar-refractivity contribution in [3.8, 4) is 11.3 Å². The molecule has 0 aliphatic rings. The molecular formula is C15H16FN3O. The zero-order chi connectivity index (χ0) is 14.7. The van der Waals surface area contributed by atoms with E-state index in [2.05, 4.69) is 15.3 Å². The number of nitrogens with one attached hydrogen (secondary N) is 1. The Morgan fingerprint density at radius 2 is 2.05 bits per heavy atom. The van der Waals surface area contributed by atoms with E-state index in [1.165, 1.54) is 6.07 Å². The number of aromatic nitrogens is 2. The Morgan fingerprint density at radius 1 is 1.30 bits per heavy atom. The number of pyridine rings is 2. The van der Waals surface area contributed by atoms with Gasteiger partial charge in [-0.25, -0.2) is 4.39 Å². The van der Waals surface area contributed by atoms with Gasteiger partial charge in [-0.05, 0) is 25.1 Å². The van der Waals surface area contributed by atoms with Gasteiger partial charge in [0.1, 0.15) is 5.82 Å². The maximum atomic E-state index is 13.1. The number of hydrogen-bond donors (Lipinski definition) is 1. The fourth-order valence-electron chi connectivity index (χ4n) is 1.68. The number of rotatable bonds is 3. The van der Waals surface area contributed by atoms with Gasteiger partial charge in [0.2, 0.25) is 5.91 Å². The SMILES string of the molecule is Cc1nc(-c2cncc(F)c2)ccc1NC(=O)C(C)C. The Kier molecular flexibility index (Phi) is 4.08. The normalized spacial score (nSPS) is 10.7. The van der Waals surface area contributed by atoms with Gasteiger partial charge in [-0.2, -0.15) is 0 Å². The summed E-state index contributed by atoms with van der Waals surface area (Å²) in [5, 5.41) is 2.81. The van der Waals surface area contributed by atoms with Gasteiger partial charge in [0.05, 0.1) is 23.3 Å². The van der Waals surface area contributed by atoms with Crippen LogP contribution in [-0.4, -0.2) is 15.9 Å². The van der Waals surface area contributed by atoms with Crippen LogP contribution in [-0.2, 0) is 4.79 Å². The summed E-state index contributed by atoms with van der Waals surface area (Å²) in [6, 6.07) is 4.88. The molecule has 104 valence electrons. The van der Waals surface area contributed by atoms with Crippen molar-refractivity contribution in [3.05, 3.63) is 42.1 Å². The summed E-state index contributed by atoms with van der Waals surface area (Å²) >= 11 is 0. The Hall–Kier alpha value is -2.30. The monoisotopic (exact) mass is 273 g/mol. The molecule has 0 saturated carbocycles. The molecule has 0 atom stereocenters. The molecule has 2 rings (SSSR count). The van der Waals surface area contributed by atoms with E-state index >= 15 is 0 Å². The van der Waals surface area contributed by atoms with Crippen LogP contribution in [0.4, 0.5) is 10.1 Å². The van der Waals surface area contributed by atoms with Gasteiger partial charge >= 0.3 is 0 Å². The minimum Gasteiger partial charge on any atom is -0.324 e. The molecule has 0 aliphatic heterocycles. The van der Waals surface area contributed by atoms with Crippen molar-refractivity contribution in [3.63, 3.8) is 0 Å². The number of anilines is 1. The predicted octanol–water partition coefficient (Wildman–Crippen LogP) is 3.19. The smallest absolute Gasteiger partial charge is 0.226 e. The van der Waals surface area contributed by atoms with Crippen molar-refractivity contribution >= 4 is 11.6 Å². The Balaban J connectivity index is 2.28. The molecule has 2 aromatic heterocycles. The highest BCUT2D eigenvalue weighted by Crippen LogP contribution is 2.21. The van der Waals surface area contributed by atoms with E-state index in [9.17, 15) is 9.18 Å². The maximum absolute atomic E-state index is 13.1. The van der Waals surface area contributed by atoms with Crippen molar-refractivity contribution in [2.24, 2.45) is 5.92 Å². The minimum atomic E-state index is -0.404. The van der Waals surface area contributed by atoms with Crippen LogP contribution in [0.1, 0.15) is 19.5 Å². The number of amides is 1. The van der Waals surface area contributed by atoms with Crippen molar-refractivity contribution < 1.29 is 9.18 Å². The largest absolute Gasteiger partial charge is 0.324 e. The van der Waals surface area contributed by atoms with E-state index in [4.69, 9.17) is 0 Å². The maximum Gasteiger partial charge on any atom is 0.226 e. The molecule has 0 aliphatic carbocycles. The van der Waals surface area contributed by atoms with Crippen LogP contribution in [0.5, 0.6) is 0 Å². The zero-order valence-corrected chi connectivity index (χ0v) is 11.6. The fraction of sp³-hybridized carbons (Fsp3) is 0.267. The van der Waals surface area contributed by atoms with Crippen molar-refractivity contribution in [2.75, 3.05) is 5.32 Å². The second-order valence-corrected chi connectivity index (χ2v) is 4.87. The highest BCUT2D eigenvalue weighted by molar-refractivity contribution is 5.92. The van der Waals surface area contributed by atoms with Gasteiger partial charge in [-0.15, -0.1) is 0 Å². The second kappa shape index (κ2) is 5.77. The highest BCUT2D eigenvalue weighted by atomic mass is 19.1. The van der Waals surface area contributed by atoms with Crippen LogP contribution in [0, 0.1) is 18.7 Å². The van der Waals surface area contributed by atoms with Crippen molar-refractivity contribution in [2.45, 2.75) is 20.8 Å². The lowest BCUT2D eigenvalue weighted by Crippen LogP contribution is -2.18. The molecule has 0 unspecified atom stereocenters. The summed E-state index contributed by atoms with van der Waals surface area (Å²) in [6.45, 7) is 5.45. The van der Waals surface area contributed by atoms with Crippen molar-refractivity contribution in [1.29, 1.82) is 0 Å². The van der Waals surface area contributed by atoms with E-state index in [1.54, 1.807) is 25.3 Å². The number of hydrogen-bond acceptors (Lipinski definition) is 3. The van der Waals surface area contributed by atoms with Gasteiger partial charge in [0.15, 0.2) is 0 Å². The summed E-state index contributed by atoms with van der Waals surface area (Å²) in [7, 11) is 0. The number of carbonyl (C=O) groups excluding carboxylic acids is 1.